The first kappa shape index (κ1) is 13.1. The van der Waals surface area contributed by atoms with Crippen molar-refractivity contribution in [1.82, 2.24) is 10.2 Å². The van der Waals surface area contributed by atoms with Crippen molar-refractivity contribution in [3.63, 3.8) is 0 Å². The minimum absolute atomic E-state index is 0.846. The van der Waals surface area contributed by atoms with Gasteiger partial charge >= 0.3 is 0 Å². The molecule has 1 aliphatic heterocycles. The zero-order valence-electron chi connectivity index (χ0n) is 11.9. The lowest BCUT2D eigenvalue weighted by molar-refractivity contribution is 0.244. The summed E-state index contributed by atoms with van der Waals surface area (Å²) in [7, 11) is 0. The zero-order chi connectivity index (χ0) is 12.9. The molecule has 0 aromatic heterocycles. The fourth-order valence-electron chi connectivity index (χ4n) is 3.48. The van der Waals surface area contributed by atoms with Gasteiger partial charge in [-0.15, -0.1) is 0 Å². The van der Waals surface area contributed by atoms with Crippen LogP contribution in [0.25, 0.3) is 0 Å². The van der Waals surface area contributed by atoms with Crippen LogP contribution in [0.2, 0.25) is 0 Å². The molecule has 0 spiro atoms. The van der Waals surface area contributed by atoms with E-state index >= 15 is 0 Å². The molecule has 0 bridgehead atoms. The molecule has 1 N–H and O–H groups in total. The fourth-order valence-corrected chi connectivity index (χ4v) is 3.48. The molecule has 0 atom stereocenters. The average molecular weight is 258 g/mol. The Morgan fingerprint density at radius 2 is 1.89 bits per heavy atom. The van der Waals surface area contributed by atoms with Gasteiger partial charge in [-0.05, 0) is 36.3 Å². The Bertz CT molecular complexity index is 390. The van der Waals surface area contributed by atoms with Gasteiger partial charge < -0.3 is 10.2 Å². The van der Waals surface area contributed by atoms with E-state index in [-0.39, 0.29) is 0 Å². The summed E-state index contributed by atoms with van der Waals surface area (Å²) in [4.78, 5) is 2.58. The van der Waals surface area contributed by atoms with E-state index in [2.05, 4.69) is 34.5 Å². The van der Waals surface area contributed by atoms with Crippen LogP contribution in [0, 0.1) is 0 Å². The Hall–Kier alpha value is -0.860. The Morgan fingerprint density at radius 3 is 2.68 bits per heavy atom. The number of nitrogens with one attached hydrogen (secondary N) is 1. The van der Waals surface area contributed by atoms with Gasteiger partial charge in [0.2, 0.25) is 0 Å². The van der Waals surface area contributed by atoms with Gasteiger partial charge in [0, 0.05) is 32.7 Å². The second-order valence-corrected chi connectivity index (χ2v) is 6.07. The van der Waals surface area contributed by atoms with E-state index < -0.39 is 0 Å². The third-order valence-electron chi connectivity index (χ3n) is 4.70. The molecular formula is C17H26N2. The molecule has 19 heavy (non-hydrogen) atoms. The monoisotopic (exact) mass is 258 g/mol. The Labute approximate surface area is 117 Å². The summed E-state index contributed by atoms with van der Waals surface area (Å²) in [5.74, 6) is 0.846. The highest BCUT2D eigenvalue weighted by Crippen LogP contribution is 2.34. The molecule has 1 aliphatic carbocycles. The molecule has 1 aromatic carbocycles. The number of hydrogen-bond donors (Lipinski definition) is 1. The van der Waals surface area contributed by atoms with E-state index in [0.717, 1.165) is 19.0 Å². The van der Waals surface area contributed by atoms with E-state index in [1.54, 1.807) is 5.56 Å². The first-order valence-electron chi connectivity index (χ1n) is 7.94. The molecule has 3 rings (SSSR count). The van der Waals surface area contributed by atoms with Crippen molar-refractivity contribution >= 4 is 0 Å². The second-order valence-electron chi connectivity index (χ2n) is 6.07. The predicted octanol–water partition coefficient (Wildman–Crippen LogP) is 2.79. The summed E-state index contributed by atoms with van der Waals surface area (Å²) in [5.41, 5.74) is 3.12. The largest absolute Gasteiger partial charge is 0.314 e. The normalized spacial score (nSPS) is 21.9. The van der Waals surface area contributed by atoms with Crippen LogP contribution < -0.4 is 5.32 Å². The highest BCUT2D eigenvalue weighted by molar-refractivity contribution is 5.27. The van der Waals surface area contributed by atoms with Crippen molar-refractivity contribution in [2.24, 2.45) is 0 Å². The molecule has 2 heteroatoms. The van der Waals surface area contributed by atoms with Gasteiger partial charge in [0.05, 0.1) is 0 Å². The van der Waals surface area contributed by atoms with Crippen LogP contribution in [0.1, 0.15) is 42.7 Å². The maximum atomic E-state index is 3.42. The summed E-state index contributed by atoms with van der Waals surface area (Å²) < 4.78 is 0. The van der Waals surface area contributed by atoms with Crippen LogP contribution in [0.15, 0.2) is 24.3 Å². The van der Waals surface area contributed by atoms with Crippen molar-refractivity contribution in [3.8, 4) is 0 Å². The van der Waals surface area contributed by atoms with Crippen molar-refractivity contribution in [2.45, 2.75) is 38.0 Å². The van der Waals surface area contributed by atoms with Crippen molar-refractivity contribution in [3.05, 3.63) is 35.4 Å². The maximum absolute atomic E-state index is 3.42. The number of hydrogen-bond acceptors (Lipinski definition) is 2. The highest BCUT2D eigenvalue weighted by Gasteiger charge is 2.17. The molecular weight excluding hydrogens is 232 g/mol. The number of rotatable bonds is 4. The molecule has 1 heterocycles. The number of piperazine rings is 1. The predicted molar refractivity (Wildman–Crippen MR) is 80.7 cm³/mol. The fraction of sp³-hybridized carbons (Fsp3) is 0.647. The molecule has 0 radical (unpaired) electrons. The SMILES string of the molecule is c1cc(CCN2CCNCC2)cc(C2CCCC2)c1. The third-order valence-corrected chi connectivity index (χ3v) is 4.70. The Balaban J connectivity index is 1.56. The summed E-state index contributed by atoms with van der Waals surface area (Å²) >= 11 is 0. The summed E-state index contributed by atoms with van der Waals surface area (Å²) in [5, 5.41) is 3.42. The summed E-state index contributed by atoms with van der Waals surface area (Å²) in [6.07, 6.45) is 6.87. The molecule has 1 aromatic rings. The molecule has 1 saturated carbocycles. The van der Waals surface area contributed by atoms with Gasteiger partial charge in [-0.2, -0.15) is 0 Å². The summed E-state index contributed by atoms with van der Waals surface area (Å²) in [6.45, 7) is 5.95. The van der Waals surface area contributed by atoms with Crippen molar-refractivity contribution < 1.29 is 0 Å². The standard InChI is InChI=1S/C17H26N2/c1-2-6-16(5-1)17-7-3-4-15(14-17)8-11-19-12-9-18-10-13-19/h3-4,7,14,16,18H,1-2,5-6,8-13H2. The lowest BCUT2D eigenvalue weighted by Gasteiger charge is -2.27. The molecule has 2 nitrogen and oxygen atoms in total. The minimum atomic E-state index is 0.846. The van der Waals surface area contributed by atoms with E-state index in [9.17, 15) is 0 Å². The van der Waals surface area contributed by atoms with Crippen LogP contribution in [0.3, 0.4) is 0 Å². The Morgan fingerprint density at radius 1 is 1.11 bits per heavy atom. The third kappa shape index (κ3) is 3.58. The minimum Gasteiger partial charge on any atom is -0.314 e. The topological polar surface area (TPSA) is 15.3 Å². The molecule has 0 unspecified atom stereocenters. The second kappa shape index (κ2) is 6.53. The maximum Gasteiger partial charge on any atom is 0.0108 e. The molecule has 2 aliphatic rings. The van der Waals surface area contributed by atoms with Gasteiger partial charge in [-0.3, -0.25) is 0 Å². The first-order chi connectivity index (χ1) is 9.42. The van der Waals surface area contributed by atoms with Gasteiger partial charge in [0.1, 0.15) is 0 Å². The van der Waals surface area contributed by atoms with Gasteiger partial charge in [0.15, 0.2) is 0 Å². The van der Waals surface area contributed by atoms with Crippen LogP contribution in [-0.4, -0.2) is 37.6 Å². The molecule has 0 amide bonds. The Kier molecular flexibility index (Phi) is 4.52. The summed E-state index contributed by atoms with van der Waals surface area (Å²) in [6, 6.07) is 9.38. The van der Waals surface area contributed by atoms with Crippen molar-refractivity contribution in [2.75, 3.05) is 32.7 Å². The smallest absolute Gasteiger partial charge is 0.0108 e. The van der Waals surface area contributed by atoms with Gasteiger partial charge in [-0.1, -0.05) is 37.1 Å². The molecule has 1 saturated heterocycles. The van der Waals surface area contributed by atoms with Gasteiger partial charge in [0.25, 0.3) is 0 Å². The van der Waals surface area contributed by atoms with Crippen LogP contribution in [0.4, 0.5) is 0 Å². The lowest BCUT2D eigenvalue weighted by atomic mass is 9.95. The number of benzene rings is 1. The lowest BCUT2D eigenvalue weighted by Crippen LogP contribution is -2.44. The molecule has 2 fully saturated rings. The van der Waals surface area contributed by atoms with E-state index in [4.69, 9.17) is 0 Å². The molecule has 104 valence electrons. The highest BCUT2D eigenvalue weighted by atomic mass is 15.2. The first-order valence-corrected chi connectivity index (χ1v) is 7.94. The van der Waals surface area contributed by atoms with Crippen molar-refractivity contribution in [1.29, 1.82) is 0 Å². The van der Waals surface area contributed by atoms with Crippen LogP contribution in [0.5, 0.6) is 0 Å². The quantitative estimate of drug-likeness (QED) is 0.893. The van der Waals surface area contributed by atoms with Crippen LogP contribution in [-0.2, 0) is 6.42 Å². The average Bonchev–Trinajstić information content (AvgIpc) is 3.01. The number of nitrogens with zero attached hydrogens (tertiary/aromatic N) is 1. The van der Waals surface area contributed by atoms with Crippen LogP contribution >= 0.6 is 0 Å². The van der Waals surface area contributed by atoms with E-state index in [1.807, 2.05) is 0 Å². The zero-order valence-corrected chi connectivity index (χ0v) is 11.9. The van der Waals surface area contributed by atoms with E-state index in [0.29, 0.717) is 0 Å². The van der Waals surface area contributed by atoms with E-state index in [1.165, 1.54) is 57.3 Å². The van der Waals surface area contributed by atoms with Gasteiger partial charge in [-0.25, -0.2) is 0 Å².